The molecule has 3 nitrogen and oxygen atoms in total. The molecule has 0 heterocycles. The number of halogens is 3. The van der Waals surface area contributed by atoms with Crippen molar-refractivity contribution in [2.75, 3.05) is 14.2 Å². The van der Waals surface area contributed by atoms with Crippen molar-refractivity contribution in [1.29, 1.82) is 0 Å². The van der Waals surface area contributed by atoms with Crippen LogP contribution in [0.1, 0.15) is 10.4 Å². The summed E-state index contributed by atoms with van der Waals surface area (Å²) in [5.74, 6) is -3.76. The number of methoxy groups -OCH3 is 2. The fraction of sp³-hybridized carbons (Fsp3) is 0.222. The molecule has 1 aromatic rings. The lowest BCUT2D eigenvalue weighted by Crippen LogP contribution is -2.07. The number of rotatable bonds is 2. The van der Waals surface area contributed by atoms with Crippen molar-refractivity contribution in [1.82, 2.24) is 0 Å². The van der Waals surface area contributed by atoms with Crippen LogP contribution < -0.4 is 4.74 Å². The maximum absolute atomic E-state index is 13.3. The third kappa shape index (κ3) is 2.09. The molecule has 1 rings (SSSR count). The summed E-state index contributed by atoms with van der Waals surface area (Å²) >= 11 is 2.95. The topological polar surface area (TPSA) is 35.5 Å². The Morgan fingerprint density at radius 2 is 1.93 bits per heavy atom. The number of carbonyl (C=O) groups excluding carboxylic acids is 1. The van der Waals surface area contributed by atoms with Gasteiger partial charge < -0.3 is 9.47 Å². The van der Waals surface area contributed by atoms with Crippen LogP contribution in [0.3, 0.4) is 0 Å². The molecular weight excluding hydrogens is 274 g/mol. The van der Waals surface area contributed by atoms with Crippen molar-refractivity contribution in [3.8, 4) is 5.75 Å². The maximum atomic E-state index is 13.3. The molecule has 82 valence electrons. The Morgan fingerprint density at radius 3 is 2.40 bits per heavy atom. The van der Waals surface area contributed by atoms with E-state index in [4.69, 9.17) is 0 Å². The number of hydrogen-bond donors (Lipinski definition) is 0. The van der Waals surface area contributed by atoms with Crippen LogP contribution in [0.2, 0.25) is 0 Å². The molecule has 0 unspecified atom stereocenters. The minimum atomic E-state index is -1.29. The number of hydrogen-bond acceptors (Lipinski definition) is 3. The fourth-order valence-electron chi connectivity index (χ4n) is 1.02. The van der Waals surface area contributed by atoms with Crippen molar-refractivity contribution in [2.24, 2.45) is 0 Å². The van der Waals surface area contributed by atoms with Crippen molar-refractivity contribution in [3.05, 3.63) is 27.7 Å². The first-order valence-electron chi connectivity index (χ1n) is 3.82. The predicted molar refractivity (Wildman–Crippen MR) is 51.9 cm³/mol. The van der Waals surface area contributed by atoms with Crippen molar-refractivity contribution in [3.63, 3.8) is 0 Å². The molecule has 0 aliphatic heterocycles. The zero-order valence-corrected chi connectivity index (χ0v) is 9.52. The molecule has 0 saturated heterocycles. The summed E-state index contributed by atoms with van der Waals surface area (Å²) in [6, 6.07) is 1.10. The molecule has 0 saturated carbocycles. The van der Waals surface area contributed by atoms with E-state index in [0.29, 0.717) is 0 Å². The Morgan fingerprint density at radius 1 is 1.33 bits per heavy atom. The van der Waals surface area contributed by atoms with Crippen LogP contribution in [0.15, 0.2) is 10.5 Å². The largest absolute Gasteiger partial charge is 0.492 e. The van der Waals surface area contributed by atoms with Crippen LogP contribution >= 0.6 is 15.9 Å². The molecule has 0 amide bonds. The van der Waals surface area contributed by atoms with E-state index in [1.54, 1.807) is 0 Å². The van der Waals surface area contributed by atoms with Gasteiger partial charge in [-0.15, -0.1) is 0 Å². The monoisotopic (exact) mass is 280 g/mol. The van der Waals surface area contributed by atoms with Gasteiger partial charge in [0.2, 0.25) is 5.82 Å². The Hall–Kier alpha value is -1.17. The van der Waals surface area contributed by atoms with Crippen molar-refractivity contribution in [2.45, 2.75) is 0 Å². The highest BCUT2D eigenvalue weighted by Crippen LogP contribution is 2.32. The molecule has 1 aromatic carbocycles. The lowest BCUT2D eigenvalue weighted by Gasteiger charge is -2.08. The zero-order valence-electron chi connectivity index (χ0n) is 7.94. The quantitative estimate of drug-likeness (QED) is 0.617. The second kappa shape index (κ2) is 4.57. The van der Waals surface area contributed by atoms with Gasteiger partial charge in [0.1, 0.15) is 0 Å². The molecule has 0 radical (unpaired) electrons. The van der Waals surface area contributed by atoms with Gasteiger partial charge in [-0.2, -0.15) is 4.39 Å². The summed E-state index contributed by atoms with van der Waals surface area (Å²) in [5, 5.41) is 0. The van der Waals surface area contributed by atoms with E-state index >= 15 is 0 Å². The molecule has 6 heteroatoms. The van der Waals surface area contributed by atoms with Crippen LogP contribution in [-0.2, 0) is 4.74 Å². The molecule has 0 aliphatic carbocycles. The maximum Gasteiger partial charge on any atom is 0.341 e. The number of carbonyl (C=O) groups is 1. The zero-order chi connectivity index (χ0) is 11.6. The second-order valence-electron chi connectivity index (χ2n) is 2.56. The molecule has 0 spiro atoms. The molecule has 0 N–H and O–H groups in total. The molecule has 0 bridgehead atoms. The third-order valence-corrected chi connectivity index (χ3v) is 2.31. The first kappa shape index (κ1) is 11.9. The average molecular weight is 281 g/mol. The molecular formula is C9H7BrF2O3. The minimum Gasteiger partial charge on any atom is -0.492 e. The molecule has 0 aromatic heterocycles. The molecule has 0 atom stereocenters. The van der Waals surface area contributed by atoms with Crippen molar-refractivity contribution < 1.29 is 23.0 Å². The van der Waals surface area contributed by atoms with Gasteiger partial charge in [-0.1, -0.05) is 0 Å². The van der Waals surface area contributed by atoms with E-state index < -0.39 is 23.2 Å². The van der Waals surface area contributed by atoms with E-state index in [2.05, 4.69) is 25.4 Å². The van der Waals surface area contributed by atoms with Gasteiger partial charge >= 0.3 is 5.97 Å². The molecule has 15 heavy (non-hydrogen) atoms. The summed E-state index contributed by atoms with van der Waals surface area (Å²) in [4.78, 5) is 11.0. The van der Waals surface area contributed by atoms with E-state index in [9.17, 15) is 13.6 Å². The Kier molecular flexibility index (Phi) is 3.62. The normalized spacial score (nSPS) is 9.93. The number of ether oxygens (including phenoxy) is 2. The SMILES string of the molecule is COC(=O)c1cc(Br)c(OC)c(F)c1F. The highest BCUT2D eigenvalue weighted by atomic mass is 79.9. The summed E-state index contributed by atoms with van der Waals surface area (Å²) in [6.45, 7) is 0. The van der Waals surface area contributed by atoms with Gasteiger partial charge in [0, 0.05) is 0 Å². The standard InChI is InChI=1S/C9H7BrF2O3/c1-14-8-5(10)3-4(9(13)15-2)6(11)7(8)12/h3H,1-2H3. The lowest BCUT2D eigenvalue weighted by molar-refractivity contribution is 0.0594. The fourth-order valence-corrected chi connectivity index (χ4v) is 1.59. The van der Waals surface area contributed by atoms with Gasteiger partial charge in [0.05, 0.1) is 24.3 Å². The van der Waals surface area contributed by atoms with Crippen molar-refractivity contribution >= 4 is 21.9 Å². The minimum absolute atomic E-state index is 0.143. The lowest BCUT2D eigenvalue weighted by atomic mass is 10.2. The summed E-state index contributed by atoms with van der Waals surface area (Å²) < 4.78 is 35.6. The Bertz CT molecular complexity index is 407. The van der Waals surface area contributed by atoms with E-state index in [-0.39, 0.29) is 10.2 Å². The smallest absolute Gasteiger partial charge is 0.341 e. The summed E-state index contributed by atoms with van der Waals surface area (Å²) in [5.41, 5.74) is -0.484. The highest BCUT2D eigenvalue weighted by Gasteiger charge is 2.22. The number of benzene rings is 1. The average Bonchev–Trinajstić information content (AvgIpc) is 2.23. The highest BCUT2D eigenvalue weighted by molar-refractivity contribution is 9.10. The van der Waals surface area contributed by atoms with Gasteiger partial charge in [-0.05, 0) is 22.0 Å². The Labute approximate surface area is 93.1 Å². The van der Waals surface area contributed by atoms with E-state index in [1.165, 1.54) is 7.11 Å². The first-order chi connectivity index (χ1) is 7.02. The first-order valence-corrected chi connectivity index (χ1v) is 4.62. The molecule has 0 aliphatic rings. The third-order valence-electron chi connectivity index (χ3n) is 1.73. The van der Waals surface area contributed by atoms with Gasteiger partial charge in [0.15, 0.2) is 11.6 Å². The van der Waals surface area contributed by atoms with Gasteiger partial charge in [0.25, 0.3) is 0 Å². The van der Waals surface area contributed by atoms with Crippen LogP contribution in [0.4, 0.5) is 8.78 Å². The van der Waals surface area contributed by atoms with Gasteiger partial charge in [-0.3, -0.25) is 0 Å². The Balaban J connectivity index is 3.40. The van der Waals surface area contributed by atoms with Crippen LogP contribution in [0, 0.1) is 11.6 Å². The van der Waals surface area contributed by atoms with Gasteiger partial charge in [-0.25, -0.2) is 9.18 Å². The van der Waals surface area contributed by atoms with E-state index in [0.717, 1.165) is 13.2 Å². The summed E-state index contributed by atoms with van der Waals surface area (Å²) in [7, 11) is 2.28. The van der Waals surface area contributed by atoms with Crippen LogP contribution in [0.25, 0.3) is 0 Å². The van der Waals surface area contributed by atoms with E-state index in [1.807, 2.05) is 0 Å². The van der Waals surface area contributed by atoms with Crippen LogP contribution in [0.5, 0.6) is 5.75 Å². The van der Waals surface area contributed by atoms with Crippen LogP contribution in [-0.4, -0.2) is 20.2 Å². The number of esters is 1. The molecule has 0 fully saturated rings. The predicted octanol–water partition coefficient (Wildman–Crippen LogP) is 2.52. The second-order valence-corrected chi connectivity index (χ2v) is 3.41. The summed E-state index contributed by atoms with van der Waals surface area (Å²) in [6.07, 6.45) is 0.